The Morgan fingerprint density at radius 3 is 1.94 bits per heavy atom. The Bertz CT molecular complexity index is 2790. The Balaban J connectivity index is 1.32. The second-order valence-electron chi connectivity index (χ2n) is 11.8. The number of pyridine rings is 1. The van der Waals surface area contributed by atoms with Gasteiger partial charge in [-0.2, -0.15) is 10.5 Å². The molecule has 6 aromatic carbocycles. The third kappa shape index (κ3) is 4.06. The molecule has 0 saturated heterocycles. The van der Waals surface area contributed by atoms with Crippen molar-refractivity contribution in [2.75, 3.05) is 0 Å². The van der Waals surface area contributed by atoms with Crippen LogP contribution in [0.5, 0.6) is 0 Å². The molecule has 0 N–H and O–H groups in total. The Morgan fingerprint density at radius 1 is 0.500 bits per heavy atom. The van der Waals surface area contributed by atoms with Gasteiger partial charge in [-0.3, -0.25) is 0 Å². The van der Waals surface area contributed by atoms with E-state index in [0.29, 0.717) is 16.8 Å². The van der Waals surface area contributed by atoms with Gasteiger partial charge < -0.3 is 9.13 Å². The number of nitriles is 2. The molecule has 222 valence electrons. The highest BCUT2D eigenvalue weighted by Gasteiger charge is 2.22. The van der Waals surface area contributed by atoms with Gasteiger partial charge in [-0.05, 0) is 59.7 Å². The molecule has 0 radical (unpaired) electrons. The largest absolute Gasteiger partial charge is 0.309 e. The Hall–Kier alpha value is -6.95. The monoisotopic (exact) mass is 611 g/mol. The molecular weight excluding hydrogens is 587 g/mol. The lowest BCUT2D eigenvalue weighted by molar-refractivity contribution is 1.16. The number of hydrogen-bond donors (Lipinski definition) is 0. The molecule has 0 bridgehead atoms. The van der Waals surface area contributed by atoms with Gasteiger partial charge in [0.1, 0.15) is 17.8 Å². The summed E-state index contributed by atoms with van der Waals surface area (Å²) in [5.74, 6) is 0. The van der Waals surface area contributed by atoms with Crippen LogP contribution in [0.1, 0.15) is 11.3 Å². The molecular formula is C43H25N5. The quantitative estimate of drug-likeness (QED) is 0.199. The molecule has 0 aliphatic heterocycles. The lowest BCUT2D eigenvalue weighted by atomic mass is 9.97. The summed E-state index contributed by atoms with van der Waals surface area (Å²) >= 11 is 0. The fourth-order valence-electron chi connectivity index (χ4n) is 7.16. The van der Waals surface area contributed by atoms with Gasteiger partial charge in [0.25, 0.3) is 0 Å². The van der Waals surface area contributed by atoms with Crippen LogP contribution < -0.4 is 0 Å². The van der Waals surface area contributed by atoms with E-state index in [1.807, 2.05) is 66.7 Å². The maximum absolute atomic E-state index is 10.6. The number of aromatic nitrogens is 3. The van der Waals surface area contributed by atoms with Crippen LogP contribution in [-0.4, -0.2) is 14.1 Å². The standard InChI is InChI=1S/C43H25N5/c44-25-30-23-29(36-24-31(27-46-37(36)26-45)28-11-3-1-4-12-28)19-21-38(30)48-40-18-10-8-16-35(40)42-41(48)22-20-34-33-15-7-9-17-39(33)47(43(34)42)32-13-5-2-6-14-32/h1-24,27H. The number of hydrogen-bond acceptors (Lipinski definition) is 3. The van der Waals surface area contributed by atoms with Crippen LogP contribution in [0.3, 0.4) is 0 Å². The van der Waals surface area contributed by atoms with Crippen LogP contribution >= 0.6 is 0 Å². The molecule has 9 aromatic rings. The minimum Gasteiger partial charge on any atom is -0.309 e. The Morgan fingerprint density at radius 2 is 1.19 bits per heavy atom. The summed E-state index contributed by atoms with van der Waals surface area (Å²) in [6.07, 6.45) is 1.73. The number of nitrogens with zero attached hydrogens (tertiary/aromatic N) is 5. The van der Waals surface area contributed by atoms with Gasteiger partial charge in [0.2, 0.25) is 0 Å². The molecule has 0 saturated carbocycles. The number of para-hydroxylation sites is 3. The van der Waals surface area contributed by atoms with Gasteiger partial charge in [0.15, 0.2) is 0 Å². The van der Waals surface area contributed by atoms with E-state index in [1.54, 1.807) is 6.20 Å². The molecule has 0 spiro atoms. The summed E-state index contributed by atoms with van der Waals surface area (Å²) in [4.78, 5) is 4.49. The van der Waals surface area contributed by atoms with Crippen molar-refractivity contribution >= 4 is 43.6 Å². The summed E-state index contributed by atoms with van der Waals surface area (Å²) < 4.78 is 4.55. The summed E-state index contributed by atoms with van der Waals surface area (Å²) in [6.45, 7) is 0. The fraction of sp³-hybridized carbons (Fsp3) is 0. The first-order chi connectivity index (χ1) is 23.7. The summed E-state index contributed by atoms with van der Waals surface area (Å²) in [6, 6.07) is 54.3. The third-order valence-electron chi connectivity index (χ3n) is 9.25. The maximum Gasteiger partial charge on any atom is 0.148 e. The van der Waals surface area contributed by atoms with Gasteiger partial charge in [-0.15, -0.1) is 0 Å². The van der Waals surface area contributed by atoms with Crippen LogP contribution in [0.15, 0.2) is 152 Å². The van der Waals surface area contributed by atoms with Gasteiger partial charge in [0.05, 0.1) is 33.3 Å². The highest BCUT2D eigenvalue weighted by atomic mass is 15.0. The smallest absolute Gasteiger partial charge is 0.148 e. The molecule has 48 heavy (non-hydrogen) atoms. The predicted molar refractivity (Wildman–Crippen MR) is 193 cm³/mol. The summed E-state index contributed by atoms with van der Waals surface area (Å²) in [5, 5.41) is 25.2. The molecule has 0 atom stereocenters. The highest BCUT2D eigenvalue weighted by Crippen LogP contribution is 2.42. The van der Waals surface area contributed by atoms with E-state index < -0.39 is 0 Å². The van der Waals surface area contributed by atoms with Crippen LogP contribution in [0.25, 0.3) is 77.2 Å². The SMILES string of the molecule is N#Cc1cc(-c2cc(-c3ccccc3)cnc2C#N)ccc1-n1c2ccccc2c2c1ccc1c3ccccc3n(-c3ccccc3)c12. The van der Waals surface area contributed by atoms with Crippen molar-refractivity contribution < 1.29 is 0 Å². The molecule has 0 aliphatic carbocycles. The highest BCUT2D eigenvalue weighted by molar-refractivity contribution is 6.26. The van der Waals surface area contributed by atoms with Crippen molar-refractivity contribution in [3.05, 3.63) is 163 Å². The zero-order chi connectivity index (χ0) is 32.2. The molecule has 0 aliphatic rings. The van der Waals surface area contributed by atoms with Crippen LogP contribution in [0.2, 0.25) is 0 Å². The van der Waals surface area contributed by atoms with E-state index in [4.69, 9.17) is 0 Å². The number of fused-ring (bicyclic) bond motifs is 7. The second kappa shape index (κ2) is 10.8. The average Bonchev–Trinajstić information content (AvgIpc) is 3.68. The topological polar surface area (TPSA) is 70.3 Å². The van der Waals surface area contributed by atoms with Crippen molar-refractivity contribution in [1.82, 2.24) is 14.1 Å². The van der Waals surface area contributed by atoms with E-state index in [2.05, 4.69) is 105 Å². The zero-order valence-electron chi connectivity index (χ0n) is 25.7. The van der Waals surface area contributed by atoms with Crippen LogP contribution in [0, 0.1) is 22.7 Å². The van der Waals surface area contributed by atoms with Gasteiger partial charge in [-0.25, -0.2) is 4.98 Å². The van der Waals surface area contributed by atoms with E-state index in [9.17, 15) is 10.5 Å². The molecule has 5 nitrogen and oxygen atoms in total. The lowest BCUT2D eigenvalue weighted by Crippen LogP contribution is -1.99. The Kier molecular flexibility index (Phi) is 6.18. The Labute approximate surface area is 276 Å². The van der Waals surface area contributed by atoms with Crippen molar-refractivity contribution in [3.8, 4) is 45.8 Å². The molecule has 0 fully saturated rings. The van der Waals surface area contributed by atoms with Crippen LogP contribution in [-0.2, 0) is 0 Å². The van der Waals surface area contributed by atoms with Crippen molar-refractivity contribution in [2.45, 2.75) is 0 Å². The van der Waals surface area contributed by atoms with Crippen molar-refractivity contribution in [2.24, 2.45) is 0 Å². The van der Waals surface area contributed by atoms with Crippen molar-refractivity contribution in [3.63, 3.8) is 0 Å². The number of benzene rings is 6. The zero-order valence-corrected chi connectivity index (χ0v) is 25.7. The van der Waals surface area contributed by atoms with Gasteiger partial charge in [0, 0.05) is 44.6 Å². The second-order valence-corrected chi connectivity index (χ2v) is 11.8. The van der Waals surface area contributed by atoms with Crippen LogP contribution in [0.4, 0.5) is 0 Å². The predicted octanol–water partition coefficient (Wildman–Crippen LogP) is 10.4. The van der Waals surface area contributed by atoms with E-state index >= 15 is 0 Å². The van der Waals surface area contributed by atoms with Gasteiger partial charge in [-0.1, -0.05) is 97.1 Å². The molecule has 0 unspecified atom stereocenters. The fourth-order valence-corrected chi connectivity index (χ4v) is 7.16. The first kappa shape index (κ1) is 27.4. The van der Waals surface area contributed by atoms with Gasteiger partial charge >= 0.3 is 0 Å². The van der Waals surface area contributed by atoms with E-state index in [-0.39, 0.29) is 0 Å². The normalized spacial score (nSPS) is 11.3. The molecule has 5 heteroatoms. The molecule has 9 rings (SSSR count). The van der Waals surface area contributed by atoms with E-state index in [0.717, 1.165) is 60.9 Å². The average molecular weight is 612 g/mol. The van der Waals surface area contributed by atoms with E-state index in [1.165, 1.54) is 10.8 Å². The maximum atomic E-state index is 10.6. The first-order valence-electron chi connectivity index (χ1n) is 15.8. The molecule has 3 aromatic heterocycles. The third-order valence-corrected chi connectivity index (χ3v) is 9.25. The lowest BCUT2D eigenvalue weighted by Gasteiger charge is -2.13. The summed E-state index contributed by atoms with van der Waals surface area (Å²) in [5.41, 5.74) is 10.4. The minimum atomic E-state index is 0.319. The number of rotatable bonds is 4. The minimum absolute atomic E-state index is 0.319. The first-order valence-corrected chi connectivity index (χ1v) is 15.8. The molecule has 0 amide bonds. The van der Waals surface area contributed by atoms with Crippen molar-refractivity contribution in [1.29, 1.82) is 10.5 Å². The summed E-state index contributed by atoms with van der Waals surface area (Å²) in [7, 11) is 0. The molecule has 3 heterocycles.